The Balaban J connectivity index is 1.99. The van der Waals surface area contributed by atoms with Crippen LogP contribution in [0.5, 0.6) is 0 Å². The molecule has 1 aliphatic rings. The number of nitrogens with one attached hydrogen (secondary N) is 1. The van der Waals surface area contributed by atoms with E-state index in [1.807, 2.05) is 30.3 Å². The molecule has 0 saturated heterocycles. The fourth-order valence-electron chi connectivity index (χ4n) is 3.98. The predicted molar refractivity (Wildman–Crippen MR) is 102 cm³/mol. The Kier molecular flexibility index (Phi) is 7.91. The van der Waals surface area contributed by atoms with Gasteiger partial charge in [-0.3, -0.25) is 4.79 Å². The van der Waals surface area contributed by atoms with Crippen molar-refractivity contribution in [3.05, 3.63) is 35.9 Å². The van der Waals surface area contributed by atoms with Gasteiger partial charge in [-0.05, 0) is 36.2 Å². The number of hydrogen-bond acceptors (Lipinski definition) is 3. The summed E-state index contributed by atoms with van der Waals surface area (Å²) in [7, 11) is 0. The average molecular weight is 347 g/mol. The quantitative estimate of drug-likeness (QED) is 0.757. The van der Waals surface area contributed by atoms with Crippen LogP contribution in [0.3, 0.4) is 0 Å². The number of nitrogens with two attached hydrogens (primary N) is 1. The third-order valence-electron chi connectivity index (χ3n) is 5.43. The lowest BCUT2D eigenvalue weighted by molar-refractivity contribution is -0.130. The first kappa shape index (κ1) is 19.9. The molecule has 140 valence electrons. The van der Waals surface area contributed by atoms with Crippen molar-refractivity contribution in [3.63, 3.8) is 0 Å². The second-order valence-electron chi connectivity index (χ2n) is 7.74. The van der Waals surface area contributed by atoms with E-state index >= 15 is 0 Å². The number of carbonyl (C=O) groups is 1. The third kappa shape index (κ3) is 5.82. The van der Waals surface area contributed by atoms with Gasteiger partial charge in [-0.15, -0.1) is 0 Å². The summed E-state index contributed by atoms with van der Waals surface area (Å²) in [5.41, 5.74) is 6.66. The topological polar surface area (TPSA) is 64.3 Å². The Hall–Kier alpha value is -1.39. The van der Waals surface area contributed by atoms with E-state index in [4.69, 9.17) is 10.5 Å². The number of amides is 1. The Labute approximate surface area is 152 Å². The lowest BCUT2D eigenvalue weighted by atomic mass is 9.70. The molecule has 2 rings (SSSR count). The number of hydrogen-bond donors (Lipinski definition) is 2. The van der Waals surface area contributed by atoms with Crippen LogP contribution in [0.1, 0.15) is 51.7 Å². The molecular weight excluding hydrogens is 312 g/mol. The number of carbonyl (C=O) groups excluding carboxylic acids is 1. The van der Waals surface area contributed by atoms with Crippen LogP contribution in [0, 0.1) is 23.7 Å². The highest BCUT2D eigenvalue weighted by molar-refractivity contribution is 5.79. The van der Waals surface area contributed by atoms with E-state index in [1.54, 1.807) is 0 Å². The van der Waals surface area contributed by atoms with E-state index in [0.717, 1.165) is 18.4 Å². The molecule has 4 atom stereocenters. The van der Waals surface area contributed by atoms with Crippen LogP contribution in [0.25, 0.3) is 0 Å². The monoisotopic (exact) mass is 346 g/mol. The van der Waals surface area contributed by atoms with E-state index < -0.39 is 0 Å². The first-order valence-corrected chi connectivity index (χ1v) is 9.67. The Morgan fingerprint density at radius 1 is 1.28 bits per heavy atom. The van der Waals surface area contributed by atoms with Gasteiger partial charge in [0.05, 0.1) is 12.7 Å². The summed E-state index contributed by atoms with van der Waals surface area (Å²) in [5.74, 6) is 1.96. The van der Waals surface area contributed by atoms with Gasteiger partial charge in [0.15, 0.2) is 0 Å². The van der Waals surface area contributed by atoms with Crippen molar-refractivity contribution in [1.29, 1.82) is 0 Å². The molecule has 4 heteroatoms. The zero-order valence-electron chi connectivity index (χ0n) is 15.9. The van der Waals surface area contributed by atoms with Gasteiger partial charge in [0, 0.05) is 19.0 Å². The summed E-state index contributed by atoms with van der Waals surface area (Å²) in [6.45, 7) is 8.19. The molecule has 1 amide bonds. The average Bonchev–Trinajstić information content (AvgIpc) is 2.62. The second-order valence-corrected chi connectivity index (χ2v) is 7.74. The van der Waals surface area contributed by atoms with Crippen LogP contribution in [0.4, 0.5) is 0 Å². The van der Waals surface area contributed by atoms with E-state index in [0.29, 0.717) is 37.5 Å². The van der Waals surface area contributed by atoms with Crippen LogP contribution in [-0.2, 0) is 9.53 Å². The zero-order chi connectivity index (χ0) is 18.2. The number of ether oxygens (including phenoxy) is 1. The Bertz CT molecular complexity index is 518. The minimum absolute atomic E-state index is 0.120. The number of rotatable bonds is 8. The summed E-state index contributed by atoms with van der Waals surface area (Å²) in [5, 5.41) is 3.16. The van der Waals surface area contributed by atoms with Gasteiger partial charge in [0.2, 0.25) is 5.91 Å². The minimum atomic E-state index is -0.146. The first-order valence-electron chi connectivity index (χ1n) is 9.67. The molecule has 3 N–H and O–H groups in total. The molecule has 0 aromatic heterocycles. The fourth-order valence-corrected chi connectivity index (χ4v) is 3.98. The second kappa shape index (κ2) is 9.93. The van der Waals surface area contributed by atoms with Gasteiger partial charge < -0.3 is 15.8 Å². The fraction of sp³-hybridized carbons (Fsp3) is 0.667. The van der Waals surface area contributed by atoms with E-state index in [1.165, 1.54) is 6.42 Å². The van der Waals surface area contributed by atoms with Crippen molar-refractivity contribution >= 4 is 5.91 Å². The van der Waals surface area contributed by atoms with Gasteiger partial charge in [-0.1, -0.05) is 57.5 Å². The smallest absolute Gasteiger partial charge is 0.223 e. The molecule has 0 aliphatic heterocycles. The first-order chi connectivity index (χ1) is 12.0. The molecule has 0 spiro atoms. The van der Waals surface area contributed by atoms with Crippen LogP contribution in [-0.4, -0.2) is 25.6 Å². The molecule has 0 bridgehead atoms. The summed E-state index contributed by atoms with van der Waals surface area (Å²) in [6, 6.07) is 10.0. The molecule has 0 radical (unpaired) electrons. The maximum atomic E-state index is 12.9. The molecule has 1 saturated carbocycles. The van der Waals surface area contributed by atoms with Gasteiger partial charge >= 0.3 is 0 Å². The molecule has 1 aromatic carbocycles. The Morgan fingerprint density at radius 3 is 2.64 bits per heavy atom. The minimum Gasteiger partial charge on any atom is -0.370 e. The van der Waals surface area contributed by atoms with Crippen molar-refractivity contribution < 1.29 is 9.53 Å². The zero-order valence-corrected chi connectivity index (χ0v) is 15.9. The van der Waals surface area contributed by atoms with Crippen molar-refractivity contribution in [2.75, 3.05) is 19.7 Å². The standard InChI is InChI=1S/C21H34N2O2/c1-15(2)18-10-9-16(3)13-19(18)21(24)23-14-20(25-12-11-22)17-7-5-4-6-8-17/h4-8,15-16,18-20H,9-14,22H2,1-3H3,(H,23,24)/t16-,18+,19-,20?/m1/s1. The summed E-state index contributed by atoms with van der Waals surface area (Å²) in [6.07, 6.45) is 3.24. The number of benzene rings is 1. The lowest BCUT2D eigenvalue weighted by Gasteiger charge is -2.36. The summed E-state index contributed by atoms with van der Waals surface area (Å²) < 4.78 is 5.87. The van der Waals surface area contributed by atoms with Crippen molar-refractivity contribution in [1.82, 2.24) is 5.32 Å². The molecular formula is C21H34N2O2. The van der Waals surface area contributed by atoms with E-state index in [9.17, 15) is 4.79 Å². The van der Waals surface area contributed by atoms with Gasteiger partial charge in [0.1, 0.15) is 0 Å². The van der Waals surface area contributed by atoms with Crippen molar-refractivity contribution in [2.24, 2.45) is 29.4 Å². The summed E-state index contributed by atoms with van der Waals surface area (Å²) in [4.78, 5) is 12.9. The highest BCUT2D eigenvalue weighted by atomic mass is 16.5. The molecule has 25 heavy (non-hydrogen) atoms. The van der Waals surface area contributed by atoms with Crippen LogP contribution < -0.4 is 11.1 Å². The van der Waals surface area contributed by atoms with Gasteiger partial charge in [0.25, 0.3) is 0 Å². The van der Waals surface area contributed by atoms with Crippen LogP contribution >= 0.6 is 0 Å². The van der Waals surface area contributed by atoms with E-state index in [2.05, 4.69) is 26.1 Å². The maximum absolute atomic E-state index is 12.9. The van der Waals surface area contributed by atoms with Crippen molar-refractivity contribution in [3.8, 4) is 0 Å². The highest BCUT2D eigenvalue weighted by Crippen LogP contribution is 2.38. The molecule has 0 heterocycles. The van der Waals surface area contributed by atoms with Crippen LogP contribution in [0.15, 0.2) is 30.3 Å². The lowest BCUT2D eigenvalue weighted by Crippen LogP contribution is -2.41. The predicted octanol–water partition coefficient (Wildman–Crippen LogP) is 3.53. The highest BCUT2D eigenvalue weighted by Gasteiger charge is 2.35. The molecule has 1 fully saturated rings. The normalized spacial score (nSPS) is 24.9. The molecule has 4 nitrogen and oxygen atoms in total. The van der Waals surface area contributed by atoms with Gasteiger partial charge in [-0.2, -0.15) is 0 Å². The third-order valence-corrected chi connectivity index (χ3v) is 5.43. The van der Waals surface area contributed by atoms with E-state index in [-0.39, 0.29) is 17.9 Å². The largest absolute Gasteiger partial charge is 0.370 e. The van der Waals surface area contributed by atoms with Gasteiger partial charge in [-0.25, -0.2) is 0 Å². The van der Waals surface area contributed by atoms with Crippen LogP contribution in [0.2, 0.25) is 0 Å². The molecule has 1 unspecified atom stereocenters. The SMILES string of the molecule is CC(C)[C@@H]1CC[C@@H](C)C[C@H]1C(=O)NCC(OCCN)c1ccccc1. The molecule has 1 aliphatic carbocycles. The summed E-state index contributed by atoms with van der Waals surface area (Å²) >= 11 is 0. The maximum Gasteiger partial charge on any atom is 0.223 e. The van der Waals surface area contributed by atoms with Crippen molar-refractivity contribution in [2.45, 2.75) is 46.1 Å². The Morgan fingerprint density at radius 2 is 2.00 bits per heavy atom. The molecule has 1 aromatic rings.